The molecule has 0 radical (unpaired) electrons. The maximum Gasteiger partial charge on any atom is 0.280 e. The van der Waals surface area contributed by atoms with Crippen molar-refractivity contribution in [2.24, 2.45) is 7.05 Å². The van der Waals surface area contributed by atoms with Gasteiger partial charge in [0.15, 0.2) is 29.0 Å². The van der Waals surface area contributed by atoms with Crippen molar-refractivity contribution in [2.45, 2.75) is 62.4 Å². The van der Waals surface area contributed by atoms with Crippen LogP contribution in [0.3, 0.4) is 0 Å². The highest BCUT2D eigenvalue weighted by molar-refractivity contribution is 6.31. The quantitative estimate of drug-likeness (QED) is 0.0716. The zero-order valence-electron chi connectivity index (χ0n) is 28.2. The van der Waals surface area contributed by atoms with Crippen LogP contribution in [0.1, 0.15) is 68.8 Å². The predicted molar refractivity (Wildman–Crippen MR) is 178 cm³/mol. The molecule has 2 aliphatic carbocycles. The molecule has 7 rings (SSSR count). The van der Waals surface area contributed by atoms with Gasteiger partial charge in [0.25, 0.3) is 5.56 Å². The van der Waals surface area contributed by atoms with Crippen molar-refractivity contribution in [3.63, 3.8) is 0 Å². The Hall–Kier alpha value is -5.24. The van der Waals surface area contributed by atoms with Gasteiger partial charge < -0.3 is 49.6 Å². The number of phenols is 2. The first-order chi connectivity index (χ1) is 24.8. The minimum Gasteiger partial charge on any atom is -0.507 e. The van der Waals surface area contributed by atoms with Crippen molar-refractivity contribution in [1.29, 1.82) is 0 Å². The first-order valence-electron chi connectivity index (χ1n) is 16.4. The number of carbonyl (C=O) groups is 3. The van der Waals surface area contributed by atoms with Crippen LogP contribution in [0.4, 0.5) is 5.95 Å². The van der Waals surface area contributed by atoms with Crippen molar-refractivity contribution in [2.75, 3.05) is 25.7 Å². The summed E-state index contributed by atoms with van der Waals surface area (Å²) in [5, 5.41) is 61.6. The summed E-state index contributed by atoms with van der Waals surface area (Å²) in [7, 11) is 3.01. The Balaban J connectivity index is 1.20. The zero-order valence-corrected chi connectivity index (χ0v) is 28.2. The Bertz CT molecular complexity index is 2200. The Labute approximate surface area is 294 Å². The van der Waals surface area contributed by atoms with Crippen LogP contribution in [0, 0.1) is 0 Å². The van der Waals surface area contributed by atoms with E-state index in [1.807, 2.05) is 0 Å². The van der Waals surface area contributed by atoms with Gasteiger partial charge in [-0.3, -0.25) is 29.5 Å². The highest BCUT2D eigenvalue weighted by Crippen LogP contribution is 2.52. The van der Waals surface area contributed by atoms with Crippen LogP contribution in [0.25, 0.3) is 11.2 Å². The summed E-state index contributed by atoms with van der Waals surface area (Å²) in [6.45, 7) is 0.551. The molecule has 1 aliphatic heterocycles. The van der Waals surface area contributed by atoms with Crippen LogP contribution in [-0.2, 0) is 27.7 Å². The number of methoxy groups -OCH3 is 1. The van der Waals surface area contributed by atoms with Crippen LogP contribution >= 0.6 is 0 Å². The monoisotopic (exact) mass is 720 g/mol. The number of nitrogens with one attached hydrogen (secondary N) is 3. The maximum absolute atomic E-state index is 13.9. The number of benzene rings is 2. The molecule has 18 heteroatoms. The molecule has 4 aromatic rings. The van der Waals surface area contributed by atoms with Crippen LogP contribution in [-0.4, -0.2) is 113 Å². The molecule has 18 nitrogen and oxygen atoms in total. The maximum atomic E-state index is 13.9. The molecule has 52 heavy (non-hydrogen) atoms. The van der Waals surface area contributed by atoms with E-state index in [1.165, 1.54) is 31.6 Å². The summed E-state index contributed by atoms with van der Waals surface area (Å²) in [4.78, 5) is 63.9. The largest absolute Gasteiger partial charge is 0.507 e. The van der Waals surface area contributed by atoms with Crippen molar-refractivity contribution < 1.29 is 54.1 Å². The Morgan fingerprint density at radius 1 is 1.15 bits per heavy atom. The lowest BCUT2D eigenvalue weighted by Gasteiger charge is -2.43. The van der Waals surface area contributed by atoms with E-state index in [0.717, 1.165) is 0 Å². The second-order valence-corrected chi connectivity index (χ2v) is 13.1. The summed E-state index contributed by atoms with van der Waals surface area (Å²) >= 11 is 0. The fraction of sp³-hybridized carbons (Fsp3) is 0.412. The summed E-state index contributed by atoms with van der Waals surface area (Å²) in [6, 6.07) is 3.65. The van der Waals surface area contributed by atoms with Gasteiger partial charge in [-0.25, -0.2) is 4.98 Å². The number of carbonyl (C=O) groups excluding carboxylic acids is 3. The lowest BCUT2D eigenvalue weighted by molar-refractivity contribution is -0.249. The highest BCUT2D eigenvalue weighted by Gasteiger charge is 2.50. The smallest absolute Gasteiger partial charge is 0.280 e. The third-order valence-electron chi connectivity index (χ3n) is 9.95. The van der Waals surface area contributed by atoms with Gasteiger partial charge in [-0.05, 0) is 13.0 Å². The number of fused-ring (bicyclic) bond motifs is 4. The molecule has 2 aromatic carbocycles. The van der Waals surface area contributed by atoms with E-state index in [1.54, 1.807) is 18.5 Å². The number of aromatic amines is 1. The van der Waals surface area contributed by atoms with E-state index < -0.39 is 101 Å². The molecule has 274 valence electrons. The molecule has 1 saturated heterocycles. The molecule has 4 unspecified atom stereocenters. The molecule has 0 saturated carbocycles. The Morgan fingerprint density at radius 3 is 2.63 bits per heavy atom. The van der Waals surface area contributed by atoms with Gasteiger partial charge in [0, 0.05) is 49.0 Å². The number of aromatic nitrogens is 4. The molecule has 0 amide bonds. The third kappa shape index (κ3) is 5.60. The summed E-state index contributed by atoms with van der Waals surface area (Å²) < 4.78 is 19.1. The molecule has 6 atom stereocenters. The molecule has 8 N–H and O–H groups in total. The van der Waals surface area contributed by atoms with E-state index in [-0.39, 0.29) is 52.6 Å². The van der Waals surface area contributed by atoms with Crippen LogP contribution in [0.5, 0.6) is 17.2 Å². The van der Waals surface area contributed by atoms with E-state index in [0.29, 0.717) is 5.65 Å². The minimum absolute atomic E-state index is 0.0181. The number of aliphatic hydroxyl groups is 3. The first-order valence-corrected chi connectivity index (χ1v) is 16.4. The van der Waals surface area contributed by atoms with E-state index >= 15 is 0 Å². The fourth-order valence-corrected chi connectivity index (χ4v) is 7.28. The summed E-state index contributed by atoms with van der Waals surface area (Å²) in [5.41, 5.74) is -3.80. The lowest BCUT2D eigenvalue weighted by atomic mass is 9.72. The normalized spacial score (nSPS) is 25.4. The Morgan fingerprint density at radius 2 is 1.90 bits per heavy atom. The van der Waals surface area contributed by atoms with Crippen molar-refractivity contribution in [3.8, 4) is 17.2 Å². The fourth-order valence-electron chi connectivity index (χ4n) is 7.28. The number of rotatable bonds is 9. The van der Waals surface area contributed by atoms with Crippen molar-refractivity contribution in [1.82, 2.24) is 24.8 Å². The number of nitrogens with zero attached hydrogens (tertiary/aromatic N) is 3. The highest BCUT2D eigenvalue weighted by atomic mass is 16.7. The molecule has 0 bridgehead atoms. The van der Waals surface area contributed by atoms with Gasteiger partial charge in [-0.15, -0.1) is 0 Å². The zero-order chi connectivity index (χ0) is 37.2. The molecule has 3 heterocycles. The number of aryl methyl sites for hydroxylation is 1. The topological polar surface area (TPSA) is 268 Å². The molecule has 3 aliphatic rings. The Kier molecular flexibility index (Phi) is 8.84. The second kappa shape index (κ2) is 13.1. The number of imidazole rings is 1. The van der Waals surface area contributed by atoms with Crippen LogP contribution in [0.15, 0.2) is 29.3 Å². The molecule has 0 spiro atoms. The second-order valence-electron chi connectivity index (χ2n) is 13.1. The number of ether oxygens (including phenoxy) is 3. The number of Topliss-reactive ketones (excluding diaryl/α,β-unsaturated/α-hetero) is 1. The van der Waals surface area contributed by atoms with E-state index in [4.69, 9.17) is 14.2 Å². The molecule has 1 fully saturated rings. The first kappa shape index (κ1) is 35.2. The lowest BCUT2D eigenvalue weighted by Crippen LogP contribution is -2.55. The number of hydrogen-bond acceptors (Lipinski definition) is 16. The number of anilines is 1. The van der Waals surface area contributed by atoms with Crippen LogP contribution < -0.4 is 20.9 Å². The number of aliphatic hydroxyl groups excluding tert-OH is 2. The molecule has 2 aromatic heterocycles. The van der Waals surface area contributed by atoms with Gasteiger partial charge in [0.05, 0.1) is 55.1 Å². The summed E-state index contributed by atoms with van der Waals surface area (Å²) in [5.74, 6) is -3.81. The van der Waals surface area contributed by atoms with Gasteiger partial charge >= 0.3 is 0 Å². The SMILES string of the molecule is COc1cccc2c1C(=O)c1c(O)c3c(c(O)c1C2=O)C[C@@](O)(C(=O)CO)C[C@@H]3OC1CC(NCNc2nc3c(ncn3C)c(=O)[nH]2)C(O)C(C)O1. The number of hydrogen-bond donors (Lipinski definition) is 8. The number of aromatic hydroxyl groups is 2. The molecular weight excluding hydrogens is 684 g/mol. The minimum atomic E-state index is -2.31. The number of H-pyrrole nitrogens is 1. The van der Waals surface area contributed by atoms with Gasteiger partial charge in [0.2, 0.25) is 11.7 Å². The average molecular weight is 721 g/mol. The van der Waals surface area contributed by atoms with Crippen molar-refractivity contribution >= 4 is 34.5 Å². The average Bonchev–Trinajstić information content (AvgIpc) is 3.50. The van der Waals surface area contributed by atoms with Gasteiger partial charge in [-0.2, -0.15) is 4.98 Å². The van der Waals surface area contributed by atoms with Gasteiger partial charge in [-0.1, -0.05) is 12.1 Å². The number of phenolic OH excluding ortho intramolecular Hbond substituents is 2. The third-order valence-corrected chi connectivity index (χ3v) is 9.95. The van der Waals surface area contributed by atoms with Crippen molar-refractivity contribution in [3.05, 3.63) is 68.3 Å². The predicted octanol–water partition coefficient (Wildman–Crippen LogP) is -0.328. The molecular formula is C34H36N6O12. The summed E-state index contributed by atoms with van der Waals surface area (Å²) in [6.07, 6.45) is -4.15. The van der Waals surface area contributed by atoms with Crippen LogP contribution in [0.2, 0.25) is 0 Å². The van der Waals surface area contributed by atoms with Gasteiger partial charge in [0.1, 0.15) is 29.5 Å². The van der Waals surface area contributed by atoms with E-state index in [2.05, 4.69) is 25.6 Å². The van der Waals surface area contributed by atoms with E-state index in [9.17, 15) is 44.7 Å². The number of ketones is 3. The standard InChI is InChI=1S/C34H36N6O12/c1-13-26(43)16(35-11-36-33-38-31-25(32(48)39-33)37-12-40(31)2)7-20(51-13)52-18-9-34(49,19(42)10-41)8-15-22(18)30(47)24-23(28(15)45)27(44)14-5-4-6-17(50-3)21(14)29(24)46/h4-6,12-13,16,18,20,26,35,41,43,45,47,49H,7-11H2,1-3H3,(H2,36,38,39,48)/t13?,16?,18-,20?,26?,34-/m0/s1.